The Morgan fingerprint density at radius 2 is 1.25 bits per heavy atom. The molecule has 0 spiro atoms. The number of carbonyl (C=O) groups excluding carboxylic acids is 2. The number of nitrogens with zero attached hydrogens (tertiary/aromatic N) is 2. The molecular formula is C28H57N3O5. The minimum absolute atomic E-state index is 0.254. The normalized spacial score (nSPS) is 19.9. The Hall–Kier alpha value is -0.900. The van der Waals surface area contributed by atoms with Crippen molar-refractivity contribution < 1.29 is 24.2 Å². The molecule has 0 saturated carbocycles. The molecule has 2 aliphatic heterocycles. The molecule has 0 bridgehead atoms. The highest BCUT2D eigenvalue weighted by atomic mass is 16.5. The van der Waals surface area contributed by atoms with Crippen molar-refractivity contribution >= 4 is 12.6 Å². The molecule has 2 unspecified atom stereocenters. The van der Waals surface area contributed by atoms with E-state index in [9.17, 15) is 9.59 Å². The van der Waals surface area contributed by atoms with Gasteiger partial charge in [0.25, 0.3) is 0 Å². The van der Waals surface area contributed by atoms with Gasteiger partial charge in [-0.3, -0.25) is 9.80 Å². The summed E-state index contributed by atoms with van der Waals surface area (Å²) in [7, 11) is 0. The highest BCUT2D eigenvalue weighted by Gasteiger charge is 2.27. The van der Waals surface area contributed by atoms with Crippen LogP contribution in [-0.2, 0) is 19.1 Å². The van der Waals surface area contributed by atoms with Crippen LogP contribution in [0.1, 0.15) is 97.8 Å². The molecule has 8 nitrogen and oxygen atoms in total. The smallest absolute Gasteiger partial charge is 0.120 e. The summed E-state index contributed by atoms with van der Waals surface area (Å²) in [6.07, 6.45) is 15.2. The monoisotopic (exact) mass is 515 g/mol. The number of aliphatic hydroxyl groups excluding tert-OH is 1. The number of unbranched alkanes of at least 4 members (excludes halogenated alkanes) is 5. The van der Waals surface area contributed by atoms with Crippen LogP contribution < -0.4 is 5.32 Å². The number of aliphatic hydroxyl groups is 1. The van der Waals surface area contributed by atoms with Crippen molar-refractivity contribution in [3.05, 3.63) is 0 Å². The van der Waals surface area contributed by atoms with Crippen molar-refractivity contribution in [1.82, 2.24) is 15.1 Å². The number of rotatable bonds is 19. The van der Waals surface area contributed by atoms with Crippen LogP contribution in [0, 0.1) is 0 Å². The summed E-state index contributed by atoms with van der Waals surface area (Å²) in [6, 6.07) is 0. The van der Waals surface area contributed by atoms with E-state index in [-0.39, 0.29) is 6.61 Å². The molecule has 36 heavy (non-hydrogen) atoms. The minimum atomic E-state index is 0.254. The van der Waals surface area contributed by atoms with Crippen LogP contribution in [0.4, 0.5) is 0 Å². The Balaban J connectivity index is 0.000000673. The maximum absolute atomic E-state index is 9.56. The number of aldehydes is 2. The number of ether oxygens (including phenoxy) is 2. The summed E-state index contributed by atoms with van der Waals surface area (Å²) in [6.45, 7) is 15.2. The van der Waals surface area contributed by atoms with Gasteiger partial charge in [-0.1, -0.05) is 40.0 Å². The average Bonchev–Trinajstić information content (AvgIpc) is 3.54. The maximum atomic E-state index is 9.56. The average molecular weight is 516 g/mol. The number of hydrogen-bond donors (Lipinski definition) is 2. The molecule has 214 valence electrons. The molecule has 2 rings (SSSR count). The van der Waals surface area contributed by atoms with Crippen molar-refractivity contribution in [3.63, 3.8) is 0 Å². The van der Waals surface area contributed by atoms with Gasteiger partial charge < -0.3 is 29.5 Å². The van der Waals surface area contributed by atoms with Crippen LogP contribution in [-0.4, -0.2) is 99.0 Å². The van der Waals surface area contributed by atoms with Crippen molar-refractivity contribution in [2.75, 3.05) is 59.1 Å². The first-order valence-corrected chi connectivity index (χ1v) is 14.6. The van der Waals surface area contributed by atoms with Crippen molar-refractivity contribution in [3.8, 4) is 0 Å². The van der Waals surface area contributed by atoms with Crippen LogP contribution in [0.25, 0.3) is 0 Å². The van der Waals surface area contributed by atoms with Crippen LogP contribution in [0.2, 0.25) is 0 Å². The van der Waals surface area contributed by atoms with E-state index in [1.807, 2.05) is 0 Å². The summed E-state index contributed by atoms with van der Waals surface area (Å²) >= 11 is 0. The molecule has 2 heterocycles. The largest absolute Gasteiger partial charge is 0.395 e. The fourth-order valence-corrected chi connectivity index (χ4v) is 4.13. The first-order chi connectivity index (χ1) is 17.7. The number of hydrogen-bond acceptors (Lipinski definition) is 8. The molecule has 8 heteroatoms. The summed E-state index contributed by atoms with van der Waals surface area (Å²) in [5.41, 5.74) is 0. The third-order valence-electron chi connectivity index (χ3n) is 6.33. The molecule has 2 atom stereocenters. The Morgan fingerprint density at radius 3 is 1.67 bits per heavy atom. The van der Waals surface area contributed by atoms with Crippen LogP contribution >= 0.6 is 0 Å². The van der Waals surface area contributed by atoms with Crippen molar-refractivity contribution in [2.24, 2.45) is 0 Å². The molecule has 2 N–H and O–H groups in total. The zero-order valence-electron chi connectivity index (χ0n) is 23.6. The zero-order chi connectivity index (χ0) is 26.7. The second-order valence-corrected chi connectivity index (χ2v) is 9.45. The highest BCUT2D eigenvalue weighted by Crippen LogP contribution is 2.21. The van der Waals surface area contributed by atoms with Gasteiger partial charge in [0.15, 0.2) is 0 Å². The first kappa shape index (κ1) is 35.1. The summed E-state index contributed by atoms with van der Waals surface area (Å²) in [4.78, 5) is 24.2. The van der Waals surface area contributed by atoms with Gasteiger partial charge in [0.05, 0.1) is 19.8 Å². The van der Waals surface area contributed by atoms with Gasteiger partial charge in [0, 0.05) is 45.6 Å². The van der Waals surface area contributed by atoms with E-state index in [1.54, 1.807) is 0 Å². The molecule has 2 fully saturated rings. The fraction of sp³-hybridized carbons (Fsp3) is 0.929. The predicted octanol–water partition coefficient (Wildman–Crippen LogP) is 4.00. The van der Waals surface area contributed by atoms with E-state index in [1.165, 1.54) is 58.0 Å². The molecule has 0 amide bonds. The van der Waals surface area contributed by atoms with Crippen LogP contribution in [0.3, 0.4) is 0 Å². The lowest BCUT2D eigenvalue weighted by Crippen LogP contribution is -2.33. The van der Waals surface area contributed by atoms with Gasteiger partial charge in [0.2, 0.25) is 0 Å². The van der Waals surface area contributed by atoms with E-state index in [0.717, 1.165) is 64.8 Å². The standard InChI is InChI=1S/C17H34N2O2.C6H15NO.C5H8O2/c1-3-5-10-18-12-14-20-16(18)8-7-9-17-19(11-6-4-2)13-15-21-17;1-2-3-4-7-5-6-8;6-4-2-1-3-5-7/h16-17H,3-15H2,1-2H3;7-8H,2-6H2,1H3;4-5H,1-3H2. The lowest BCUT2D eigenvalue weighted by molar-refractivity contribution is -0.108. The van der Waals surface area contributed by atoms with E-state index in [4.69, 9.17) is 14.6 Å². The van der Waals surface area contributed by atoms with E-state index in [0.29, 0.717) is 31.7 Å². The number of nitrogens with one attached hydrogen (secondary N) is 1. The third kappa shape index (κ3) is 19.2. The summed E-state index contributed by atoms with van der Waals surface area (Å²) in [5, 5.41) is 11.4. The van der Waals surface area contributed by atoms with Gasteiger partial charge in [-0.2, -0.15) is 0 Å². The Kier molecular flexibility index (Phi) is 26.5. The van der Waals surface area contributed by atoms with Gasteiger partial charge in [-0.15, -0.1) is 0 Å². The van der Waals surface area contributed by atoms with Gasteiger partial charge >= 0.3 is 0 Å². The molecular weight excluding hydrogens is 458 g/mol. The fourth-order valence-electron chi connectivity index (χ4n) is 4.13. The lowest BCUT2D eigenvalue weighted by Gasteiger charge is -2.25. The predicted molar refractivity (Wildman–Crippen MR) is 147 cm³/mol. The molecule has 0 aromatic heterocycles. The Labute approximate surface area is 221 Å². The van der Waals surface area contributed by atoms with Crippen LogP contribution in [0.5, 0.6) is 0 Å². The summed E-state index contributed by atoms with van der Waals surface area (Å²) in [5.74, 6) is 0. The van der Waals surface area contributed by atoms with Gasteiger partial charge in [-0.25, -0.2) is 0 Å². The van der Waals surface area contributed by atoms with Gasteiger partial charge in [0.1, 0.15) is 25.0 Å². The van der Waals surface area contributed by atoms with E-state index in [2.05, 4.69) is 35.9 Å². The first-order valence-electron chi connectivity index (χ1n) is 14.6. The van der Waals surface area contributed by atoms with Crippen molar-refractivity contribution in [2.45, 2.75) is 110 Å². The quantitative estimate of drug-likeness (QED) is 0.197. The Morgan fingerprint density at radius 1 is 0.750 bits per heavy atom. The molecule has 2 saturated heterocycles. The maximum Gasteiger partial charge on any atom is 0.120 e. The SMILES string of the molecule is CCCCN1CCOC1CCCC1OCCN1CCCC.CCCCNCCO.O=CCCCC=O. The van der Waals surface area contributed by atoms with Gasteiger partial charge in [-0.05, 0) is 51.5 Å². The molecule has 0 aromatic carbocycles. The second kappa shape index (κ2) is 27.1. The molecule has 2 aliphatic rings. The third-order valence-corrected chi connectivity index (χ3v) is 6.33. The van der Waals surface area contributed by atoms with E-state index < -0.39 is 0 Å². The second-order valence-electron chi connectivity index (χ2n) is 9.45. The van der Waals surface area contributed by atoms with E-state index >= 15 is 0 Å². The minimum Gasteiger partial charge on any atom is -0.395 e. The zero-order valence-corrected chi connectivity index (χ0v) is 23.6. The summed E-state index contributed by atoms with van der Waals surface area (Å²) < 4.78 is 11.8. The van der Waals surface area contributed by atoms with Crippen molar-refractivity contribution in [1.29, 1.82) is 0 Å². The molecule has 0 aliphatic carbocycles. The number of carbonyl (C=O) groups is 2. The highest BCUT2D eigenvalue weighted by molar-refractivity contribution is 5.52. The van der Waals surface area contributed by atoms with Crippen LogP contribution in [0.15, 0.2) is 0 Å². The molecule has 0 radical (unpaired) electrons. The lowest BCUT2D eigenvalue weighted by atomic mass is 10.1. The topological polar surface area (TPSA) is 91.3 Å². The molecule has 0 aromatic rings. The Bertz CT molecular complexity index is 444.